The molecule has 2 aromatic rings. The Morgan fingerprint density at radius 3 is 2.48 bits per heavy atom. The fourth-order valence-electron chi connectivity index (χ4n) is 1.96. The molecule has 1 aromatic carbocycles. The third-order valence-corrected chi connectivity index (χ3v) is 3.41. The van der Waals surface area contributed by atoms with Gasteiger partial charge in [0.05, 0.1) is 6.26 Å². The van der Waals surface area contributed by atoms with Crippen LogP contribution in [0.15, 0.2) is 34.9 Å². The molecule has 0 aliphatic carbocycles. The molecule has 114 valence electrons. The van der Waals surface area contributed by atoms with Crippen molar-refractivity contribution in [2.45, 2.75) is 26.9 Å². The minimum absolute atomic E-state index is 0.117. The van der Waals surface area contributed by atoms with E-state index in [0.717, 1.165) is 18.2 Å². The van der Waals surface area contributed by atoms with Crippen LogP contribution < -0.4 is 0 Å². The van der Waals surface area contributed by atoms with Crippen LogP contribution in [0.1, 0.15) is 25.1 Å². The van der Waals surface area contributed by atoms with Crippen LogP contribution in [0.2, 0.25) is 0 Å². The number of benzene rings is 1. The molecule has 0 atom stereocenters. The van der Waals surface area contributed by atoms with Crippen molar-refractivity contribution in [3.8, 4) is 11.3 Å². The predicted octanol–water partition coefficient (Wildman–Crippen LogP) is 3.02. The van der Waals surface area contributed by atoms with Gasteiger partial charge in [-0.15, -0.1) is 0 Å². The Labute approximate surface area is 125 Å². The van der Waals surface area contributed by atoms with Gasteiger partial charge in [0.25, 0.3) is 10.1 Å². The van der Waals surface area contributed by atoms with Gasteiger partial charge in [-0.3, -0.25) is 4.18 Å². The first-order valence-electron chi connectivity index (χ1n) is 6.73. The van der Waals surface area contributed by atoms with Gasteiger partial charge in [-0.05, 0) is 17.9 Å². The average molecular weight is 309 g/mol. The number of hydrogen-bond acceptors (Lipinski definition) is 5. The second-order valence-electron chi connectivity index (χ2n) is 5.44. The fraction of sp³-hybridized carbons (Fsp3) is 0.400. The van der Waals surface area contributed by atoms with Crippen LogP contribution in [0.4, 0.5) is 0 Å². The lowest BCUT2D eigenvalue weighted by molar-refractivity contribution is 0.296. The zero-order chi connectivity index (χ0) is 15.5. The second-order valence-corrected chi connectivity index (χ2v) is 7.09. The van der Waals surface area contributed by atoms with Gasteiger partial charge >= 0.3 is 0 Å². The maximum absolute atomic E-state index is 10.9. The van der Waals surface area contributed by atoms with Crippen molar-refractivity contribution in [2.75, 3.05) is 6.26 Å². The van der Waals surface area contributed by atoms with Gasteiger partial charge in [0.15, 0.2) is 5.76 Å². The zero-order valence-electron chi connectivity index (χ0n) is 12.4. The van der Waals surface area contributed by atoms with Gasteiger partial charge in [0.1, 0.15) is 12.3 Å². The normalized spacial score (nSPS) is 12.0. The summed E-state index contributed by atoms with van der Waals surface area (Å²) in [6, 6.07) is 9.75. The van der Waals surface area contributed by atoms with Crippen molar-refractivity contribution in [2.24, 2.45) is 5.92 Å². The van der Waals surface area contributed by atoms with Crippen molar-refractivity contribution < 1.29 is 17.1 Å². The summed E-state index contributed by atoms with van der Waals surface area (Å²) in [5, 5.41) is 3.80. The van der Waals surface area contributed by atoms with Crippen LogP contribution in [0.3, 0.4) is 0 Å². The Hall–Kier alpha value is -1.66. The van der Waals surface area contributed by atoms with Crippen LogP contribution in [-0.4, -0.2) is 19.8 Å². The minimum Gasteiger partial charge on any atom is -0.356 e. The molecule has 0 radical (unpaired) electrons. The largest absolute Gasteiger partial charge is 0.356 e. The highest BCUT2D eigenvalue weighted by molar-refractivity contribution is 7.85. The quantitative estimate of drug-likeness (QED) is 0.767. The van der Waals surface area contributed by atoms with Gasteiger partial charge in [-0.1, -0.05) is 43.3 Å². The van der Waals surface area contributed by atoms with E-state index >= 15 is 0 Å². The first-order chi connectivity index (χ1) is 9.83. The Balaban J connectivity index is 2.07. The van der Waals surface area contributed by atoms with E-state index < -0.39 is 10.1 Å². The van der Waals surface area contributed by atoms with Gasteiger partial charge in [-0.25, -0.2) is 0 Å². The van der Waals surface area contributed by atoms with E-state index in [1.807, 2.05) is 12.1 Å². The van der Waals surface area contributed by atoms with Crippen molar-refractivity contribution in [1.29, 1.82) is 0 Å². The maximum Gasteiger partial charge on any atom is 0.264 e. The van der Waals surface area contributed by atoms with E-state index in [9.17, 15) is 8.42 Å². The molecule has 21 heavy (non-hydrogen) atoms. The minimum atomic E-state index is -3.48. The topological polar surface area (TPSA) is 69.4 Å². The van der Waals surface area contributed by atoms with E-state index in [-0.39, 0.29) is 6.61 Å². The summed E-state index contributed by atoms with van der Waals surface area (Å²) in [6.45, 7) is 4.24. The first kappa shape index (κ1) is 15.7. The van der Waals surface area contributed by atoms with E-state index in [1.54, 1.807) is 6.07 Å². The SMILES string of the molecule is CC(C)Cc1ccc(-c2cc(COS(C)(=O)=O)no2)cc1. The lowest BCUT2D eigenvalue weighted by atomic mass is 10.0. The van der Waals surface area contributed by atoms with Crippen LogP contribution >= 0.6 is 0 Å². The molecule has 0 spiro atoms. The molecule has 0 saturated carbocycles. The summed E-state index contributed by atoms with van der Waals surface area (Å²) in [5.74, 6) is 1.21. The summed E-state index contributed by atoms with van der Waals surface area (Å²) in [4.78, 5) is 0. The molecule has 0 aliphatic rings. The lowest BCUT2D eigenvalue weighted by Gasteiger charge is -2.04. The van der Waals surface area contributed by atoms with E-state index in [0.29, 0.717) is 17.4 Å². The molecule has 0 amide bonds. The molecule has 0 unspecified atom stereocenters. The standard InChI is InChI=1S/C15H19NO4S/c1-11(2)8-12-4-6-13(7-5-12)15-9-14(16-20-15)10-19-21(3,17)18/h4-7,9,11H,8,10H2,1-3H3. The number of hydrogen-bond donors (Lipinski definition) is 0. The summed E-state index contributed by atoms with van der Waals surface area (Å²) in [7, 11) is -3.48. The Morgan fingerprint density at radius 2 is 1.90 bits per heavy atom. The predicted molar refractivity (Wildman–Crippen MR) is 80.1 cm³/mol. The highest BCUT2D eigenvalue weighted by atomic mass is 32.2. The van der Waals surface area contributed by atoms with Crippen LogP contribution in [0.25, 0.3) is 11.3 Å². The Morgan fingerprint density at radius 1 is 1.24 bits per heavy atom. The molecule has 1 aromatic heterocycles. The van der Waals surface area contributed by atoms with Crippen LogP contribution in [0, 0.1) is 5.92 Å². The van der Waals surface area contributed by atoms with Crippen molar-refractivity contribution in [1.82, 2.24) is 5.16 Å². The van der Waals surface area contributed by atoms with Crippen molar-refractivity contribution in [3.63, 3.8) is 0 Å². The monoisotopic (exact) mass is 309 g/mol. The first-order valence-corrected chi connectivity index (χ1v) is 8.54. The Bertz CT molecular complexity index is 687. The van der Waals surface area contributed by atoms with Gasteiger partial charge in [-0.2, -0.15) is 8.42 Å². The third-order valence-electron chi connectivity index (χ3n) is 2.86. The molecule has 0 saturated heterocycles. The number of nitrogens with zero attached hydrogens (tertiary/aromatic N) is 1. The van der Waals surface area contributed by atoms with E-state index in [4.69, 9.17) is 4.52 Å². The van der Waals surface area contributed by atoms with Crippen molar-refractivity contribution in [3.05, 3.63) is 41.6 Å². The summed E-state index contributed by atoms with van der Waals surface area (Å²) >= 11 is 0. The van der Waals surface area contributed by atoms with E-state index in [2.05, 4.69) is 35.3 Å². The van der Waals surface area contributed by atoms with Gasteiger partial charge < -0.3 is 4.52 Å². The van der Waals surface area contributed by atoms with Gasteiger partial charge in [0, 0.05) is 11.6 Å². The summed E-state index contributed by atoms with van der Waals surface area (Å²) < 4.78 is 31.7. The smallest absolute Gasteiger partial charge is 0.264 e. The molecular formula is C15H19NO4S. The van der Waals surface area contributed by atoms with Gasteiger partial charge in [0.2, 0.25) is 0 Å². The molecule has 0 bridgehead atoms. The number of aromatic nitrogens is 1. The highest BCUT2D eigenvalue weighted by Gasteiger charge is 2.10. The summed E-state index contributed by atoms with van der Waals surface area (Å²) in [6.07, 6.45) is 2.03. The maximum atomic E-state index is 10.9. The van der Waals surface area contributed by atoms with E-state index in [1.165, 1.54) is 5.56 Å². The number of rotatable bonds is 6. The van der Waals surface area contributed by atoms with Crippen LogP contribution in [0.5, 0.6) is 0 Å². The summed E-state index contributed by atoms with van der Waals surface area (Å²) in [5.41, 5.74) is 2.62. The molecule has 0 N–H and O–H groups in total. The Kier molecular flexibility index (Phi) is 4.80. The molecule has 0 aliphatic heterocycles. The zero-order valence-corrected chi connectivity index (χ0v) is 13.2. The third kappa shape index (κ3) is 4.99. The second kappa shape index (κ2) is 6.41. The molecular weight excluding hydrogens is 290 g/mol. The molecule has 2 rings (SSSR count). The average Bonchev–Trinajstić information content (AvgIpc) is 2.84. The molecule has 0 fully saturated rings. The van der Waals surface area contributed by atoms with Crippen molar-refractivity contribution >= 4 is 10.1 Å². The lowest BCUT2D eigenvalue weighted by Crippen LogP contribution is -2.02. The molecule has 1 heterocycles. The highest BCUT2D eigenvalue weighted by Crippen LogP contribution is 2.22. The molecule has 6 heteroatoms. The molecule has 5 nitrogen and oxygen atoms in total. The fourth-order valence-corrected chi connectivity index (χ4v) is 2.29. The van der Waals surface area contributed by atoms with Crippen LogP contribution in [-0.2, 0) is 27.3 Å².